The Morgan fingerprint density at radius 3 is 2.24 bits per heavy atom. The van der Waals surface area contributed by atoms with Gasteiger partial charge >= 0.3 is 0 Å². The largest absolute Gasteiger partial charge is 0.496 e. The molecule has 0 radical (unpaired) electrons. The lowest BCUT2D eigenvalue weighted by Gasteiger charge is -2.17. The van der Waals surface area contributed by atoms with E-state index in [4.69, 9.17) is 14.2 Å². The molecule has 1 heterocycles. The van der Waals surface area contributed by atoms with E-state index in [0.717, 1.165) is 23.4 Å². The molecule has 0 bridgehead atoms. The first-order valence-corrected chi connectivity index (χ1v) is 7.45. The van der Waals surface area contributed by atoms with Crippen LogP contribution in [0, 0.1) is 0 Å². The zero-order valence-corrected chi connectivity index (χ0v) is 13.9. The number of hydrogen-bond acceptors (Lipinski definition) is 4. The zero-order valence-electron chi connectivity index (χ0n) is 12.3. The summed E-state index contributed by atoms with van der Waals surface area (Å²) >= 11 is 3.71. The van der Waals surface area contributed by atoms with Crippen LogP contribution in [-0.4, -0.2) is 26.3 Å². The number of benzene rings is 1. The predicted octanol–water partition coefficient (Wildman–Crippen LogP) is 3.79. The molecule has 1 aromatic carbocycles. The second-order valence-corrected chi connectivity index (χ2v) is 5.55. The molecule has 5 heteroatoms. The molecule has 2 rings (SSSR count). The van der Waals surface area contributed by atoms with Gasteiger partial charge in [0.15, 0.2) is 11.5 Å². The normalized spacial score (nSPS) is 11.8. The highest BCUT2D eigenvalue weighted by Crippen LogP contribution is 2.41. The molecule has 1 atom stereocenters. The summed E-state index contributed by atoms with van der Waals surface area (Å²) in [4.78, 5) is 4.42. The first-order valence-electron chi connectivity index (χ1n) is 6.53. The molecular weight excluding hydrogens is 334 g/mol. The van der Waals surface area contributed by atoms with Crippen molar-refractivity contribution in [3.63, 3.8) is 0 Å². The molecule has 1 aromatic heterocycles. The molecular formula is C16H18BrNO3. The fourth-order valence-electron chi connectivity index (χ4n) is 2.11. The summed E-state index contributed by atoms with van der Waals surface area (Å²) in [5.41, 5.74) is 2.01. The zero-order chi connectivity index (χ0) is 15.2. The molecule has 0 spiro atoms. The molecule has 112 valence electrons. The van der Waals surface area contributed by atoms with Crippen LogP contribution in [0.2, 0.25) is 0 Å². The number of halogens is 1. The van der Waals surface area contributed by atoms with Crippen LogP contribution in [0.5, 0.6) is 17.2 Å². The van der Waals surface area contributed by atoms with Crippen LogP contribution in [-0.2, 0) is 6.42 Å². The van der Waals surface area contributed by atoms with Gasteiger partial charge in [-0.2, -0.15) is 0 Å². The van der Waals surface area contributed by atoms with E-state index in [-0.39, 0.29) is 4.83 Å². The van der Waals surface area contributed by atoms with E-state index in [1.54, 1.807) is 27.5 Å². The van der Waals surface area contributed by atoms with Crippen LogP contribution in [0.15, 0.2) is 36.5 Å². The monoisotopic (exact) mass is 351 g/mol. The van der Waals surface area contributed by atoms with Gasteiger partial charge in [-0.15, -0.1) is 0 Å². The fraction of sp³-hybridized carbons (Fsp3) is 0.312. The van der Waals surface area contributed by atoms with Crippen molar-refractivity contribution in [3.8, 4) is 17.2 Å². The van der Waals surface area contributed by atoms with Crippen LogP contribution in [0.1, 0.15) is 16.1 Å². The van der Waals surface area contributed by atoms with Gasteiger partial charge in [0.2, 0.25) is 0 Å². The van der Waals surface area contributed by atoms with Crippen molar-refractivity contribution >= 4 is 15.9 Å². The van der Waals surface area contributed by atoms with Gasteiger partial charge in [-0.3, -0.25) is 4.98 Å². The Hall–Kier alpha value is -1.75. The van der Waals surface area contributed by atoms with Gasteiger partial charge in [0.25, 0.3) is 0 Å². The Balaban J connectivity index is 2.33. The van der Waals surface area contributed by atoms with Gasteiger partial charge in [-0.05, 0) is 18.2 Å². The maximum Gasteiger partial charge on any atom is 0.164 e. The lowest BCUT2D eigenvalue weighted by atomic mass is 10.1. The van der Waals surface area contributed by atoms with Crippen LogP contribution in [0.3, 0.4) is 0 Å². The molecule has 0 aliphatic rings. The third-order valence-corrected chi connectivity index (χ3v) is 4.00. The van der Waals surface area contributed by atoms with Crippen LogP contribution < -0.4 is 14.2 Å². The maximum atomic E-state index is 5.46. The molecule has 4 nitrogen and oxygen atoms in total. The topological polar surface area (TPSA) is 40.6 Å². The van der Waals surface area contributed by atoms with Crippen molar-refractivity contribution in [1.82, 2.24) is 4.98 Å². The van der Waals surface area contributed by atoms with Crippen molar-refractivity contribution < 1.29 is 14.2 Å². The van der Waals surface area contributed by atoms with E-state index in [9.17, 15) is 0 Å². The molecule has 2 aromatic rings. The summed E-state index contributed by atoms with van der Waals surface area (Å²) in [5.74, 6) is 2.08. The third kappa shape index (κ3) is 3.67. The second-order valence-electron chi connectivity index (χ2n) is 4.44. The van der Waals surface area contributed by atoms with Crippen molar-refractivity contribution in [2.75, 3.05) is 21.3 Å². The van der Waals surface area contributed by atoms with Gasteiger partial charge in [-0.1, -0.05) is 22.0 Å². The SMILES string of the molecule is COc1cc(OC)c(C(Br)Cc2ccccn2)cc1OC. The van der Waals surface area contributed by atoms with E-state index >= 15 is 0 Å². The van der Waals surface area contributed by atoms with Crippen molar-refractivity contribution in [1.29, 1.82) is 0 Å². The molecule has 0 aliphatic carbocycles. The molecule has 0 aliphatic heterocycles. The Morgan fingerprint density at radius 2 is 1.67 bits per heavy atom. The van der Waals surface area contributed by atoms with E-state index in [0.29, 0.717) is 11.5 Å². The van der Waals surface area contributed by atoms with Gasteiger partial charge in [0.05, 0.1) is 21.3 Å². The van der Waals surface area contributed by atoms with E-state index in [2.05, 4.69) is 20.9 Å². The van der Waals surface area contributed by atoms with Crippen LogP contribution >= 0.6 is 15.9 Å². The Bertz CT molecular complexity index is 590. The molecule has 21 heavy (non-hydrogen) atoms. The van der Waals surface area contributed by atoms with Crippen molar-refractivity contribution in [2.45, 2.75) is 11.2 Å². The minimum absolute atomic E-state index is 0.0714. The summed E-state index contributed by atoms with van der Waals surface area (Å²) in [6.07, 6.45) is 2.55. The predicted molar refractivity (Wildman–Crippen MR) is 85.7 cm³/mol. The number of hydrogen-bond donors (Lipinski definition) is 0. The number of methoxy groups -OCH3 is 3. The highest BCUT2D eigenvalue weighted by Gasteiger charge is 2.18. The number of alkyl halides is 1. The second kappa shape index (κ2) is 7.31. The average molecular weight is 352 g/mol. The standard InChI is InChI=1S/C16H18BrNO3/c1-19-14-10-16(21-3)15(20-2)9-12(14)13(17)8-11-6-4-5-7-18-11/h4-7,9-10,13H,8H2,1-3H3. The molecule has 0 N–H and O–H groups in total. The Kier molecular flexibility index (Phi) is 5.44. The van der Waals surface area contributed by atoms with Gasteiger partial charge in [0, 0.05) is 34.8 Å². The minimum atomic E-state index is 0.0714. The fourth-order valence-corrected chi connectivity index (χ4v) is 2.80. The smallest absolute Gasteiger partial charge is 0.164 e. The summed E-state index contributed by atoms with van der Waals surface area (Å²) in [6.45, 7) is 0. The van der Waals surface area contributed by atoms with Crippen LogP contribution in [0.25, 0.3) is 0 Å². The lowest BCUT2D eigenvalue weighted by Crippen LogP contribution is -2.02. The van der Waals surface area contributed by atoms with Gasteiger partial charge in [0.1, 0.15) is 5.75 Å². The van der Waals surface area contributed by atoms with Crippen LogP contribution in [0.4, 0.5) is 0 Å². The molecule has 0 saturated carbocycles. The summed E-state index contributed by atoms with van der Waals surface area (Å²) in [6, 6.07) is 9.65. The van der Waals surface area contributed by atoms with E-state index < -0.39 is 0 Å². The highest BCUT2D eigenvalue weighted by atomic mass is 79.9. The third-order valence-electron chi connectivity index (χ3n) is 3.19. The summed E-state index contributed by atoms with van der Waals surface area (Å²) in [7, 11) is 4.87. The van der Waals surface area contributed by atoms with Crippen molar-refractivity contribution in [3.05, 3.63) is 47.8 Å². The summed E-state index contributed by atoms with van der Waals surface area (Å²) in [5, 5.41) is 0. The number of rotatable bonds is 6. The van der Waals surface area contributed by atoms with Crippen molar-refractivity contribution in [2.24, 2.45) is 0 Å². The quantitative estimate of drug-likeness (QED) is 0.742. The lowest BCUT2D eigenvalue weighted by molar-refractivity contribution is 0.347. The van der Waals surface area contributed by atoms with Gasteiger partial charge in [-0.25, -0.2) is 0 Å². The summed E-state index contributed by atoms with van der Waals surface area (Å²) < 4.78 is 16.1. The number of nitrogens with zero attached hydrogens (tertiary/aromatic N) is 1. The Morgan fingerprint density at radius 1 is 1.00 bits per heavy atom. The first kappa shape index (κ1) is 15.6. The van der Waals surface area contributed by atoms with E-state index in [1.165, 1.54) is 0 Å². The molecule has 0 saturated heterocycles. The Labute approximate surface area is 133 Å². The number of pyridine rings is 1. The molecule has 1 unspecified atom stereocenters. The number of aromatic nitrogens is 1. The molecule has 0 fully saturated rings. The highest BCUT2D eigenvalue weighted by molar-refractivity contribution is 9.09. The maximum absolute atomic E-state index is 5.46. The minimum Gasteiger partial charge on any atom is -0.496 e. The van der Waals surface area contributed by atoms with E-state index in [1.807, 2.05) is 30.3 Å². The molecule has 0 amide bonds. The van der Waals surface area contributed by atoms with Gasteiger partial charge < -0.3 is 14.2 Å². The number of ether oxygens (including phenoxy) is 3. The first-order chi connectivity index (χ1) is 10.2. The average Bonchev–Trinajstić information content (AvgIpc) is 2.54.